The van der Waals surface area contributed by atoms with Gasteiger partial charge in [-0.25, -0.2) is 15.0 Å². The van der Waals surface area contributed by atoms with Crippen LogP contribution in [0.4, 0.5) is 11.8 Å². The molecule has 0 saturated carbocycles. The Balaban J connectivity index is 2.08. The van der Waals surface area contributed by atoms with Crippen LogP contribution in [0.25, 0.3) is 11.2 Å². The predicted octanol–water partition coefficient (Wildman–Crippen LogP) is -1.71. The summed E-state index contributed by atoms with van der Waals surface area (Å²) < 4.78 is 7.36. The molecule has 22 heavy (non-hydrogen) atoms. The lowest BCUT2D eigenvalue weighted by molar-refractivity contribution is -0.0325. The highest BCUT2D eigenvalue weighted by atomic mass is 16.6. The number of rotatable bonds is 4. The Hall–Kier alpha value is -2.01. The first-order chi connectivity index (χ1) is 10.6. The smallest absolute Gasteiger partial charge is 0.207 e. The molecule has 2 aromatic heterocycles. The molecule has 4 atom stereocenters. The highest BCUT2D eigenvalue weighted by Gasteiger charge is 2.44. The molecule has 2 aromatic rings. The molecule has 1 aliphatic heterocycles. The summed E-state index contributed by atoms with van der Waals surface area (Å²) in [4.78, 5) is 12.4. The first-order valence-electron chi connectivity index (χ1n) is 6.90. The number of hydrogen-bond acceptors (Lipinski definition) is 9. The van der Waals surface area contributed by atoms with Gasteiger partial charge in [0.15, 0.2) is 23.2 Å². The molecule has 6 N–H and O–H groups in total. The fourth-order valence-corrected chi connectivity index (χ4v) is 2.66. The van der Waals surface area contributed by atoms with E-state index in [-0.39, 0.29) is 5.82 Å². The van der Waals surface area contributed by atoms with Crippen LogP contribution in [-0.4, -0.2) is 68.7 Å². The van der Waals surface area contributed by atoms with Gasteiger partial charge in [0, 0.05) is 13.6 Å². The minimum absolute atomic E-state index is 0.236. The predicted molar refractivity (Wildman–Crippen MR) is 79.1 cm³/mol. The van der Waals surface area contributed by atoms with Crippen molar-refractivity contribution in [1.82, 2.24) is 24.8 Å². The molecule has 0 unspecified atom stereocenters. The maximum atomic E-state index is 10.3. The molecule has 1 aliphatic rings. The molecule has 1 saturated heterocycles. The molecule has 10 heteroatoms. The highest BCUT2D eigenvalue weighted by molar-refractivity contribution is 5.84. The molecule has 0 bridgehead atoms. The largest absolute Gasteiger partial charge is 0.387 e. The average Bonchev–Trinajstić information content (AvgIpc) is 3.01. The van der Waals surface area contributed by atoms with Gasteiger partial charge in [0.05, 0.1) is 0 Å². The van der Waals surface area contributed by atoms with Crippen molar-refractivity contribution in [2.75, 3.05) is 31.7 Å². The van der Waals surface area contributed by atoms with Gasteiger partial charge in [-0.2, -0.15) is 0 Å². The summed E-state index contributed by atoms with van der Waals surface area (Å²) in [5.41, 5.74) is 6.65. The Kier molecular flexibility index (Phi) is 3.83. The quantitative estimate of drug-likeness (QED) is 0.446. The third kappa shape index (κ3) is 2.16. The summed E-state index contributed by atoms with van der Waals surface area (Å²) in [6, 6.07) is 0. The standard InChI is InChI=1S/C12H19N7O3/c1-14-3-5-7(20)8(21)11(22-5)19-10-6(18-12(19)15-2)9(13)16-4-17-10/h4-5,7-8,11,14,20-21H,3H2,1-2H3,(H,15,18)(H2,13,16,17)/t5-,7-,8-,11-/m1/s1. The molecule has 0 amide bonds. The van der Waals surface area contributed by atoms with Gasteiger partial charge in [0.2, 0.25) is 5.95 Å². The van der Waals surface area contributed by atoms with Gasteiger partial charge in [-0.05, 0) is 7.05 Å². The number of hydrogen-bond donors (Lipinski definition) is 5. The van der Waals surface area contributed by atoms with E-state index >= 15 is 0 Å². The van der Waals surface area contributed by atoms with Crippen molar-refractivity contribution in [2.24, 2.45) is 0 Å². The molecule has 0 aromatic carbocycles. The summed E-state index contributed by atoms with van der Waals surface area (Å²) in [5.74, 6) is 0.656. The average molecular weight is 309 g/mol. The molecule has 1 fully saturated rings. The first kappa shape index (κ1) is 14.9. The van der Waals surface area contributed by atoms with Crippen LogP contribution in [-0.2, 0) is 4.74 Å². The third-order valence-electron chi connectivity index (χ3n) is 3.73. The monoisotopic (exact) mass is 309 g/mol. The van der Waals surface area contributed by atoms with E-state index in [2.05, 4.69) is 25.6 Å². The molecular formula is C12H19N7O3. The van der Waals surface area contributed by atoms with Crippen LogP contribution in [0.5, 0.6) is 0 Å². The van der Waals surface area contributed by atoms with Crippen molar-refractivity contribution >= 4 is 22.9 Å². The zero-order valence-corrected chi connectivity index (χ0v) is 12.3. The van der Waals surface area contributed by atoms with Crippen molar-refractivity contribution in [1.29, 1.82) is 0 Å². The lowest BCUT2D eigenvalue weighted by atomic mass is 10.1. The Labute approximate surface area is 126 Å². The van der Waals surface area contributed by atoms with Crippen LogP contribution in [0.2, 0.25) is 0 Å². The molecule has 120 valence electrons. The SMILES string of the molecule is CNC[C@H]1O[C@@H](n2c(NC)nc3c(N)ncnc32)[C@H](O)[C@@H]1O. The fourth-order valence-electron chi connectivity index (χ4n) is 2.66. The molecule has 0 radical (unpaired) electrons. The third-order valence-corrected chi connectivity index (χ3v) is 3.73. The van der Waals surface area contributed by atoms with Crippen LogP contribution in [0.1, 0.15) is 6.23 Å². The maximum absolute atomic E-state index is 10.3. The van der Waals surface area contributed by atoms with Crippen LogP contribution >= 0.6 is 0 Å². The summed E-state index contributed by atoms with van der Waals surface area (Å²) in [6.45, 7) is 0.410. The number of nitrogens with two attached hydrogens (primary N) is 1. The van der Waals surface area contributed by atoms with Gasteiger partial charge in [-0.1, -0.05) is 0 Å². The number of ether oxygens (including phenoxy) is 1. The molecule has 0 spiro atoms. The number of imidazole rings is 1. The second kappa shape index (κ2) is 5.65. The van der Waals surface area contributed by atoms with Crippen LogP contribution in [0.3, 0.4) is 0 Å². The van der Waals surface area contributed by atoms with Gasteiger partial charge in [-0.15, -0.1) is 0 Å². The minimum atomic E-state index is -1.11. The molecule has 0 aliphatic carbocycles. The number of aliphatic hydroxyl groups is 2. The van der Waals surface area contributed by atoms with E-state index in [1.54, 1.807) is 18.7 Å². The Bertz CT molecular complexity index is 676. The normalized spacial score (nSPS) is 28.4. The van der Waals surface area contributed by atoms with Crippen molar-refractivity contribution in [3.8, 4) is 0 Å². The van der Waals surface area contributed by atoms with Gasteiger partial charge < -0.3 is 31.3 Å². The fraction of sp³-hybridized carbons (Fsp3) is 0.583. The maximum Gasteiger partial charge on any atom is 0.207 e. The summed E-state index contributed by atoms with van der Waals surface area (Å²) in [6.07, 6.45) is -2.17. The van der Waals surface area contributed by atoms with Crippen molar-refractivity contribution in [3.05, 3.63) is 6.33 Å². The van der Waals surface area contributed by atoms with E-state index in [1.165, 1.54) is 6.33 Å². The number of aliphatic hydroxyl groups excluding tert-OH is 2. The minimum Gasteiger partial charge on any atom is -0.387 e. The topological polar surface area (TPSA) is 143 Å². The van der Waals surface area contributed by atoms with E-state index in [0.29, 0.717) is 23.7 Å². The van der Waals surface area contributed by atoms with Crippen molar-refractivity contribution in [2.45, 2.75) is 24.5 Å². The zero-order valence-electron chi connectivity index (χ0n) is 12.3. The van der Waals surface area contributed by atoms with Gasteiger partial charge in [-0.3, -0.25) is 4.57 Å². The van der Waals surface area contributed by atoms with Gasteiger partial charge in [0.25, 0.3) is 0 Å². The molecule has 10 nitrogen and oxygen atoms in total. The second-order valence-electron chi connectivity index (χ2n) is 5.09. The molecule has 3 rings (SSSR count). The van der Waals surface area contributed by atoms with Crippen LogP contribution in [0.15, 0.2) is 6.33 Å². The number of nitrogens with one attached hydrogen (secondary N) is 2. The van der Waals surface area contributed by atoms with E-state index in [4.69, 9.17) is 10.5 Å². The van der Waals surface area contributed by atoms with Crippen molar-refractivity contribution in [3.63, 3.8) is 0 Å². The van der Waals surface area contributed by atoms with E-state index in [0.717, 1.165) is 0 Å². The number of nitrogen functional groups attached to an aromatic ring is 1. The Morgan fingerprint density at radius 1 is 1.32 bits per heavy atom. The van der Waals surface area contributed by atoms with Crippen LogP contribution < -0.4 is 16.4 Å². The number of nitrogens with zero attached hydrogens (tertiary/aromatic N) is 4. The second-order valence-corrected chi connectivity index (χ2v) is 5.09. The number of likely N-dealkylation sites (N-methyl/N-ethyl adjacent to an activating group) is 1. The number of anilines is 2. The lowest BCUT2D eigenvalue weighted by Crippen LogP contribution is -2.36. The zero-order chi connectivity index (χ0) is 15.9. The summed E-state index contributed by atoms with van der Waals surface area (Å²) in [7, 11) is 3.43. The van der Waals surface area contributed by atoms with E-state index in [1.807, 2.05) is 0 Å². The highest BCUT2D eigenvalue weighted by Crippen LogP contribution is 2.34. The van der Waals surface area contributed by atoms with Crippen LogP contribution in [0, 0.1) is 0 Å². The molecule has 3 heterocycles. The number of fused-ring (bicyclic) bond motifs is 1. The molecular weight excluding hydrogens is 290 g/mol. The van der Waals surface area contributed by atoms with Gasteiger partial charge in [0.1, 0.15) is 24.6 Å². The first-order valence-corrected chi connectivity index (χ1v) is 6.90. The summed E-state index contributed by atoms with van der Waals surface area (Å²) in [5, 5.41) is 26.3. The lowest BCUT2D eigenvalue weighted by Gasteiger charge is -2.18. The van der Waals surface area contributed by atoms with E-state index < -0.39 is 24.5 Å². The van der Waals surface area contributed by atoms with Crippen molar-refractivity contribution < 1.29 is 14.9 Å². The number of aromatic nitrogens is 4. The Morgan fingerprint density at radius 2 is 2.09 bits per heavy atom. The summed E-state index contributed by atoms with van der Waals surface area (Å²) >= 11 is 0. The Morgan fingerprint density at radius 3 is 2.77 bits per heavy atom. The van der Waals surface area contributed by atoms with E-state index in [9.17, 15) is 10.2 Å². The van der Waals surface area contributed by atoms with Gasteiger partial charge >= 0.3 is 0 Å².